The average Bonchev–Trinajstić information content (AvgIpc) is 2.39. The first-order chi connectivity index (χ1) is 9.04. The zero-order chi connectivity index (χ0) is 14.3. The molecule has 0 saturated carbocycles. The first kappa shape index (κ1) is 14.7. The molecule has 0 bridgehead atoms. The van der Waals surface area contributed by atoms with Crippen LogP contribution in [0.5, 0.6) is 0 Å². The van der Waals surface area contributed by atoms with Crippen LogP contribution in [0.2, 0.25) is 0 Å². The van der Waals surface area contributed by atoms with Crippen molar-refractivity contribution in [2.24, 2.45) is 5.73 Å². The van der Waals surface area contributed by atoms with E-state index in [0.717, 1.165) is 6.42 Å². The molecule has 0 aliphatic heterocycles. The van der Waals surface area contributed by atoms with Gasteiger partial charge in [0.25, 0.3) is 0 Å². The summed E-state index contributed by atoms with van der Waals surface area (Å²) in [6.07, 6.45) is 1.80. The number of esters is 1. The lowest BCUT2D eigenvalue weighted by Crippen LogP contribution is -2.12. The lowest BCUT2D eigenvalue weighted by molar-refractivity contribution is -0.118. The van der Waals surface area contributed by atoms with Crippen LogP contribution >= 0.6 is 0 Å². The Balaban J connectivity index is 2.52. The Kier molecular flexibility index (Phi) is 5.59. The van der Waals surface area contributed by atoms with Gasteiger partial charge in [-0.15, -0.1) is 0 Å². The van der Waals surface area contributed by atoms with Gasteiger partial charge >= 0.3 is 5.97 Å². The number of carbonyl (C=O) groups is 2. The highest BCUT2D eigenvalue weighted by Crippen LogP contribution is 2.16. The number of ether oxygens (including phenoxy) is 1. The molecule has 1 aromatic heterocycles. The summed E-state index contributed by atoms with van der Waals surface area (Å²) >= 11 is 0. The summed E-state index contributed by atoms with van der Waals surface area (Å²) in [6, 6.07) is 3.09. The van der Waals surface area contributed by atoms with E-state index >= 15 is 0 Å². The van der Waals surface area contributed by atoms with Gasteiger partial charge in [-0.05, 0) is 25.0 Å². The first-order valence-corrected chi connectivity index (χ1v) is 5.91. The number of hydrogen-bond donors (Lipinski definition) is 3. The van der Waals surface area contributed by atoms with Gasteiger partial charge in [0.05, 0.1) is 12.8 Å². The predicted octanol–water partition coefficient (Wildman–Crippen LogP) is 0.518. The Hall–Kier alpha value is -2.31. The summed E-state index contributed by atoms with van der Waals surface area (Å²) < 4.78 is 4.58. The summed E-state index contributed by atoms with van der Waals surface area (Å²) in [5, 5.41) is 3.01. The van der Waals surface area contributed by atoms with E-state index in [0.29, 0.717) is 30.9 Å². The molecule has 104 valence electrons. The first-order valence-electron chi connectivity index (χ1n) is 5.91. The van der Waals surface area contributed by atoms with Gasteiger partial charge in [0, 0.05) is 13.0 Å². The van der Waals surface area contributed by atoms with Crippen molar-refractivity contribution in [3.05, 3.63) is 17.8 Å². The third-order valence-corrected chi connectivity index (χ3v) is 2.46. The molecule has 0 spiro atoms. The van der Waals surface area contributed by atoms with E-state index in [1.165, 1.54) is 13.2 Å². The van der Waals surface area contributed by atoms with Crippen LogP contribution in [0, 0.1) is 0 Å². The maximum Gasteiger partial charge on any atom is 0.356 e. The summed E-state index contributed by atoms with van der Waals surface area (Å²) in [7, 11) is 1.29. The number of carbonyl (C=O) groups excluding carboxylic acids is 2. The largest absolute Gasteiger partial charge is 0.464 e. The SMILES string of the molecule is COC(=O)c1ccc(N)c(NCCCCC(N)=O)n1. The van der Waals surface area contributed by atoms with Gasteiger partial charge in [-0.25, -0.2) is 9.78 Å². The lowest BCUT2D eigenvalue weighted by atomic mass is 10.2. The van der Waals surface area contributed by atoms with E-state index in [2.05, 4.69) is 15.0 Å². The standard InChI is InChI=1S/C12H18N4O3/c1-19-12(18)9-6-5-8(13)11(16-9)15-7-3-2-4-10(14)17/h5-6H,2-4,7,13H2,1H3,(H2,14,17)(H,15,16). The van der Waals surface area contributed by atoms with Crippen LogP contribution in [0.25, 0.3) is 0 Å². The van der Waals surface area contributed by atoms with E-state index in [4.69, 9.17) is 11.5 Å². The molecule has 1 rings (SSSR count). The van der Waals surface area contributed by atoms with Gasteiger partial charge in [0.15, 0.2) is 5.69 Å². The molecule has 0 saturated heterocycles. The molecule has 7 nitrogen and oxygen atoms in total. The van der Waals surface area contributed by atoms with Gasteiger partial charge in [0.2, 0.25) is 5.91 Å². The lowest BCUT2D eigenvalue weighted by Gasteiger charge is -2.09. The van der Waals surface area contributed by atoms with Crippen molar-refractivity contribution >= 4 is 23.4 Å². The minimum Gasteiger partial charge on any atom is -0.464 e. The second-order valence-electron chi connectivity index (χ2n) is 3.98. The van der Waals surface area contributed by atoms with E-state index in [1.54, 1.807) is 6.07 Å². The van der Waals surface area contributed by atoms with Crippen molar-refractivity contribution in [2.75, 3.05) is 24.7 Å². The highest BCUT2D eigenvalue weighted by Gasteiger charge is 2.09. The number of nitrogens with zero attached hydrogens (tertiary/aromatic N) is 1. The highest BCUT2D eigenvalue weighted by molar-refractivity contribution is 5.88. The maximum absolute atomic E-state index is 11.3. The summed E-state index contributed by atoms with van der Waals surface area (Å²) in [5.74, 6) is -0.399. The van der Waals surface area contributed by atoms with Crippen molar-refractivity contribution in [1.82, 2.24) is 4.98 Å². The van der Waals surface area contributed by atoms with E-state index in [9.17, 15) is 9.59 Å². The molecule has 1 aromatic rings. The number of hydrogen-bond acceptors (Lipinski definition) is 6. The van der Waals surface area contributed by atoms with E-state index in [-0.39, 0.29) is 11.6 Å². The zero-order valence-corrected chi connectivity index (χ0v) is 10.8. The van der Waals surface area contributed by atoms with Crippen molar-refractivity contribution < 1.29 is 14.3 Å². The number of pyridine rings is 1. The van der Waals surface area contributed by atoms with Gasteiger partial charge in [0.1, 0.15) is 5.82 Å². The molecular weight excluding hydrogens is 248 g/mol. The Labute approximate surface area is 111 Å². The number of unbranched alkanes of at least 4 members (excludes halogenated alkanes) is 1. The molecule has 1 heterocycles. The second kappa shape index (κ2) is 7.20. The molecule has 7 heteroatoms. The Bertz CT molecular complexity index is 462. The molecule has 0 aliphatic carbocycles. The molecule has 0 aromatic carbocycles. The number of aromatic nitrogens is 1. The minimum absolute atomic E-state index is 0.191. The van der Waals surface area contributed by atoms with E-state index in [1.807, 2.05) is 0 Å². The van der Waals surface area contributed by atoms with Crippen LogP contribution in [0.3, 0.4) is 0 Å². The fourth-order valence-corrected chi connectivity index (χ4v) is 1.46. The fourth-order valence-electron chi connectivity index (χ4n) is 1.46. The number of methoxy groups -OCH3 is 1. The molecule has 0 aliphatic rings. The maximum atomic E-state index is 11.3. The quantitative estimate of drug-likeness (QED) is 0.488. The van der Waals surface area contributed by atoms with Crippen LogP contribution in [0.15, 0.2) is 12.1 Å². The van der Waals surface area contributed by atoms with Gasteiger partial charge in [-0.1, -0.05) is 0 Å². The molecule has 0 atom stereocenters. The molecule has 5 N–H and O–H groups in total. The molecule has 0 radical (unpaired) electrons. The van der Waals surface area contributed by atoms with Crippen LogP contribution in [0.4, 0.5) is 11.5 Å². The molecule has 1 amide bonds. The van der Waals surface area contributed by atoms with Crippen molar-refractivity contribution in [3.8, 4) is 0 Å². The fraction of sp³-hybridized carbons (Fsp3) is 0.417. The summed E-state index contributed by atoms with van der Waals surface area (Å²) in [4.78, 5) is 26.0. The Morgan fingerprint density at radius 1 is 1.37 bits per heavy atom. The Morgan fingerprint density at radius 3 is 2.74 bits per heavy atom. The smallest absolute Gasteiger partial charge is 0.356 e. The van der Waals surface area contributed by atoms with Crippen LogP contribution in [-0.4, -0.2) is 30.5 Å². The van der Waals surface area contributed by atoms with Crippen LogP contribution < -0.4 is 16.8 Å². The monoisotopic (exact) mass is 266 g/mol. The molecule has 0 fully saturated rings. The summed E-state index contributed by atoms with van der Waals surface area (Å²) in [5.41, 5.74) is 11.4. The van der Waals surface area contributed by atoms with Gasteiger partial charge in [-0.3, -0.25) is 4.79 Å². The van der Waals surface area contributed by atoms with Crippen LogP contribution in [-0.2, 0) is 9.53 Å². The normalized spacial score (nSPS) is 9.95. The van der Waals surface area contributed by atoms with E-state index < -0.39 is 5.97 Å². The highest BCUT2D eigenvalue weighted by atomic mass is 16.5. The topological polar surface area (TPSA) is 120 Å². The molecular formula is C12H18N4O3. The van der Waals surface area contributed by atoms with Gasteiger partial charge < -0.3 is 21.5 Å². The molecule has 19 heavy (non-hydrogen) atoms. The number of nitrogens with two attached hydrogens (primary N) is 2. The number of rotatable bonds is 7. The number of primary amides is 1. The number of amides is 1. The zero-order valence-electron chi connectivity index (χ0n) is 10.8. The Morgan fingerprint density at radius 2 is 2.11 bits per heavy atom. The summed E-state index contributed by atoms with van der Waals surface area (Å²) in [6.45, 7) is 0.592. The third kappa shape index (κ3) is 4.82. The third-order valence-electron chi connectivity index (χ3n) is 2.46. The van der Waals surface area contributed by atoms with Crippen LogP contribution in [0.1, 0.15) is 29.8 Å². The number of nitrogen functional groups attached to an aromatic ring is 1. The van der Waals surface area contributed by atoms with Crippen molar-refractivity contribution in [1.29, 1.82) is 0 Å². The molecule has 0 unspecified atom stereocenters. The van der Waals surface area contributed by atoms with Gasteiger partial charge in [-0.2, -0.15) is 0 Å². The van der Waals surface area contributed by atoms with Crippen molar-refractivity contribution in [3.63, 3.8) is 0 Å². The number of anilines is 2. The minimum atomic E-state index is -0.517. The second-order valence-corrected chi connectivity index (χ2v) is 3.98. The van der Waals surface area contributed by atoms with Crippen molar-refractivity contribution in [2.45, 2.75) is 19.3 Å². The number of nitrogens with one attached hydrogen (secondary N) is 1. The predicted molar refractivity (Wildman–Crippen MR) is 71.5 cm³/mol. The average molecular weight is 266 g/mol.